The van der Waals surface area contributed by atoms with Gasteiger partial charge >= 0.3 is 0 Å². The number of aryl methyl sites for hydroxylation is 2. The van der Waals surface area contributed by atoms with Gasteiger partial charge in [0.2, 0.25) is 0 Å². The topological polar surface area (TPSA) is 26.0 Å². The van der Waals surface area contributed by atoms with Crippen molar-refractivity contribution in [1.82, 2.24) is 0 Å². The molecule has 2 unspecified atom stereocenters. The summed E-state index contributed by atoms with van der Waals surface area (Å²) in [5, 5.41) is 0.631. The second kappa shape index (κ2) is 4.58. The molecule has 0 aliphatic carbocycles. The summed E-state index contributed by atoms with van der Waals surface area (Å²) < 4.78 is 0. The molecule has 0 radical (unpaired) electrons. The summed E-state index contributed by atoms with van der Waals surface area (Å²) in [5.41, 5.74) is 10.3. The maximum absolute atomic E-state index is 6.32. The lowest BCUT2D eigenvalue weighted by Crippen LogP contribution is -2.21. The lowest BCUT2D eigenvalue weighted by Gasteiger charge is -2.19. The van der Waals surface area contributed by atoms with Crippen molar-refractivity contribution in [2.45, 2.75) is 38.0 Å². The summed E-state index contributed by atoms with van der Waals surface area (Å²) in [5.74, 6) is 1.28. The third kappa shape index (κ3) is 2.56. The molecule has 15 heavy (non-hydrogen) atoms. The molecule has 2 N–H and O–H groups in total. The standard InChI is InChI=1S/C13H19NS/c1-9-6-10(2)8-11(7-9)13(14)12-4-3-5-15-12/h6-8,12-13H,3-5,14H2,1-2H3. The van der Waals surface area contributed by atoms with Crippen LogP contribution in [0.1, 0.15) is 35.6 Å². The Morgan fingerprint density at radius 1 is 1.27 bits per heavy atom. The normalized spacial score (nSPS) is 23.0. The predicted molar refractivity (Wildman–Crippen MR) is 68.3 cm³/mol. The molecule has 1 aliphatic heterocycles. The maximum Gasteiger partial charge on any atom is 0.0415 e. The van der Waals surface area contributed by atoms with Gasteiger partial charge in [-0.05, 0) is 38.0 Å². The Hall–Kier alpha value is -0.470. The zero-order chi connectivity index (χ0) is 10.8. The van der Waals surface area contributed by atoms with Crippen LogP contribution in [0.15, 0.2) is 18.2 Å². The molecule has 0 spiro atoms. The van der Waals surface area contributed by atoms with Gasteiger partial charge in [-0.2, -0.15) is 11.8 Å². The highest BCUT2D eigenvalue weighted by Crippen LogP contribution is 2.34. The molecule has 0 amide bonds. The van der Waals surface area contributed by atoms with E-state index in [0.29, 0.717) is 5.25 Å². The van der Waals surface area contributed by atoms with Gasteiger partial charge in [0.25, 0.3) is 0 Å². The van der Waals surface area contributed by atoms with Crippen LogP contribution in [0.25, 0.3) is 0 Å². The number of nitrogens with two attached hydrogens (primary N) is 1. The van der Waals surface area contributed by atoms with Gasteiger partial charge < -0.3 is 5.73 Å². The van der Waals surface area contributed by atoms with Crippen molar-refractivity contribution < 1.29 is 0 Å². The van der Waals surface area contributed by atoms with E-state index in [1.165, 1.54) is 35.3 Å². The van der Waals surface area contributed by atoms with Crippen LogP contribution in [0.2, 0.25) is 0 Å². The summed E-state index contributed by atoms with van der Waals surface area (Å²) >= 11 is 2.03. The van der Waals surface area contributed by atoms with Crippen molar-refractivity contribution in [3.63, 3.8) is 0 Å². The summed E-state index contributed by atoms with van der Waals surface area (Å²) in [6.45, 7) is 4.29. The van der Waals surface area contributed by atoms with Gasteiger partial charge in [-0.1, -0.05) is 29.3 Å². The SMILES string of the molecule is Cc1cc(C)cc(C(N)C2CCCS2)c1. The molecule has 0 bridgehead atoms. The first-order valence-corrected chi connectivity index (χ1v) is 6.67. The van der Waals surface area contributed by atoms with E-state index in [9.17, 15) is 0 Å². The molecule has 0 saturated carbocycles. The average molecular weight is 221 g/mol. The largest absolute Gasteiger partial charge is 0.323 e. The fourth-order valence-corrected chi connectivity index (χ4v) is 3.64. The minimum Gasteiger partial charge on any atom is -0.323 e. The van der Waals surface area contributed by atoms with Crippen molar-refractivity contribution in [1.29, 1.82) is 0 Å². The van der Waals surface area contributed by atoms with Crippen LogP contribution >= 0.6 is 11.8 Å². The Balaban J connectivity index is 2.20. The van der Waals surface area contributed by atoms with Crippen molar-refractivity contribution in [2.75, 3.05) is 5.75 Å². The van der Waals surface area contributed by atoms with E-state index in [-0.39, 0.29) is 6.04 Å². The van der Waals surface area contributed by atoms with E-state index in [1.807, 2.05) is 11.8 Å². The van der Waals surface area contributed by atoms with E-state index in [4.69, 9.17) is 5.73 Å². The summed E-state index contributed by atoms with van der Waals surface area (Å²) in [7, 11) is 0. The molecule has 0 aromatic heterocycles. The van der Waals surface area contributed by atoms with Crippen molar-refractivity contribution >= 4 is 11.8 Å². The molecule has 2 heteroatoms. The van der Waals surface area contributed by atoms with Crippen molar-refractivity contribution in [3.8, 4) is 0 Å². The molecule has 2 atom stereocenters. The average Bonchev–Trinajstić information content (AvgIpc) is 2.67. The minimum atomic E-state index is 0.219. The van der Waals surface area contributed by atoms with Crippen LogP contribution in [0, 0.1) is 13.8 Å². The molecule has 1 heterocycles. The fraction of sp³-hybridized carbons (Fsp3) is 0.538. The maximum atomic E-state index is 6.32. The van der Waals surface area contributed by atoms with E-state index >= 15 is 0 Å². The summed E-state index contributed by atoms with van der Waals surface area (Å²) in [6.07, 6.45) is 2.60. The molecule has 1 aliphatic rings. The summed E-state index contributed by atoms with van der Waals surface area (Å²) in [6, 6.07) is 6.89. The van der Waals surface area contributed by atoms with Gasteiger partial charge in [0.15, 0.2) is 0 Å². The van der Waals surface area contributed by atoms with E-state index in [0.717, 1.165) is 0 Å². The Kier molecular flexibility index (Phi) is 3.37. The third-order valence-electron chi connectivity index (χ3n) is 2.99. The van der Waals surface area contributed by atoms with Gasteiger partial charge in [-0.15, -0.1) is 0 Å². The molecule has 1 aromatic rings. The second-order valence-electron chi connectivity index (χ2n) is 4.50. The molecular weight excluding hydrogens is 202 g/mol. The quantitative estimate of drug-likeness (QED) is 0.830. The zero-order valence-electron chi connectivity index (χ0n) is 9.49. The van der Waals surface area contributed by atoms with E-state index < -0.39 is 0 Å². The van der Waals surface area contributed by atoms with Crippen molar-refractivity contribution in [3.05, 3.63) is 34.9 Å². The number of thioether (sulfide) groups is 1. The van der Waals surface area contributed by atoms with Crippen LogP contribution < -0.4 is 5.73 Å². The van der Waals surface area contributed by atoms with Gasteiger partial charge in [-0.25, -0.2) is 0 Å². The van der Waals surface area contributed by atoms with Crippen LogP contribution in [-0.2, 0) is 0 Å². The van der Waals surface area contributed by atoms with Gasteiger partial charge in [-0.3, -0.25) is 0 Å². The molecule has 1 fully saturated rings. The summed E-state index contributed by atoms with van der Waals surface area (Å²) in [4.78, 5) is 0. The van der Waals surface area contributed by atoms with Crippen LogP contribution in [0.3, 0.4) is 0 Å². The number of rotatable bonds is 2. The predicted octanol–water partition coefficient (Wildman–Crippen LogP) is 3.20. The fourth-order valence-electron chi connectivity index (χ4n) is 2.30. The molecule has 1 aromatic carbocycles. The van der Waals surface area contributed by atoms with E-state index in [1.54, 1.807) is 0 Å². The first kappa shape index (κ1) is 11.0. The molecule has 1 nitrogen and oxygen atoms in total. The minimum absolute atomic E-state index is 0.219. The Morgan fingerprint density at radius 3 is 2.47 bits per heavy atom. The Bertz CT molecular complexity index is 322. The third-order valence-corrected chi connectivity index (χ3v) is 4.48. The van der Waals surface area contributed by atoms with Crippen LogP contribution in [0.4, 0.5) is 0 Å². The first-order chi connectivity index (χ1) is 7.16. The monoisotopic (exact) mass is 221 g/mol. The Labute approximate surface area is 96.4 Å². The lowest BCUT2D eigenvalue weighted by molar-refractivity contribution is 0.645. The smallest absolute Gasteiger partial charge is 0.0415 e. The molecule has 82 valence electrons. The van der Waals surface area contributed by atoms with Gasteiger partial charge in [0.05, 0.1) is 0 Å². The number of benzene rings is 1. The molecule has 2 rings (SSSR count). The van der Waals surface area contributed by atoms with Crippen molar-refractivity contribution in [2.24, 2.45) is 5.73 Å². The highest BCUT2D eigenvalue weighted by molar-refractivity contribution is 8.00. The number of hydrogen-bond donors (Lipinski definition) is 1. The van der Waals surface area contributed by atoms with Crippen LogP contribution in [-0.4, -0.2) is 11.0 Å². The lowest BCUT2D eigenvalue weighted by atomic mass is 9.98. The Morgan fingerprint density at radius 2 is 1.93 bits per heavy atom. The zero-order valence-corrected chi connectivity index (χ0v) is 10.3. The van der Waals surface area contributed by atoms with Crippen LogP contribution in [0.5, 0.6) is 0 Å². The molecular formula is C13H19NS. The van der Waals surface area contributed by atoms with Gasteiger partial charge in [0, 0.05) is 11.3 Å². The van der Waals surface area contributed by atoms with Gasteiger partial charge in [0.1, 0.15) is 0 Å². The molecule has 1 saturated heterocycles. The van der Waals surface area contributed by atoms with E-state index in [2.05, 4.69) is 32.0 Å². The first-order valence-electron chi connectivity index (χ1n) is 5.62. The highest BCUT2D eigenvalue weighted by atomic mass is 32.2. The second-order valence-corrected chi connectivity index (χ2v) is 5.85. The highest BCUT2D eigenvalue weighted by Gasteiger charge is 2.23. The number of hydrogen-bond acceptors (Lipinski definition) is 2.